The average molecular weight is 178 g/mol. The number of rotatable bonds is 2. The van der Waals surface area contributed by atoms with Crippen LogP contribution in [0.4, 0.5) is 5.69 Å². The molecule has 68 valence electrons. The first-order valence-electron chi connectivity index (χ1n) is 3.66. The number of nitrogens with two attached hydrogens (primary N) is 2. The molecule has 13 heavy (non-hydrogen) atoms. The molecule has 0 aliphatic heterocycles. The van der Waals surface area contributed by atoms with Crippen molar-refractivity contribution in [1.82, 2.24) is 0 Å². The van der Waals surface area contributed by atoms with Crippen LogP contribution in [-0.2, 0) is 4.79 Å². The molecule has 0 saturated carbocycles. The zero-order chi connectivity index (χ0) is 9.84. The molecule has 0 aliphatic rings. The Balaban J connectivity index is 3.02. The molecule has 0 bridgehead atoms. The highest BCUT2D eigenvalue weighted by atomic mass is 16.3. The van der Waals surface area contributed by atoms with Crippen LogP contribution in [0.5, 0.6) is 5.75 Å². The highest BCUT2D eigenvalue weighted by Gasteiger charge is 2.00. The Hall–Kier alpha value is -1.97. The van der Waals surface area contributed by atoms with Crippen molar-refractivity contribution in [3.05, 3.63) is 29.8 Å². The van der Waals surface area contributed by atoms with E-state index in [0.717, 1.165) is 6.08 Å². The minimum atomic E-state index is -0.568. The Kier molecular flexibility index (Phi) is 2.54. The first-order chi connectivity index (χ1) is 6.11. The minimum absolute atomic E-state index is 0.0417. The predicted octanol–water partition coefficient (Wildman–Crippen LogP) is 0.473. The summed E-state index contributed by atoms with van der Waals surface area (Å²) in [6.07, 6.45) is 2.57. The van der Waals surface area contributed by atoms with Crippen molar-refractivity contribution in [2.24, 2.45) is 5.73 Å². The monoisotopic (exact) mass is 178 g/mol. The maximum absolute atomic E-state index is 10.4. The van der Waals surface area contributed by atoms with Gasteiger partial charge in [0, 0.05) is 11.6 Å². The van der Waals surface area contributed by atoms with Crippen LogP contribution >= 0.6 is 0 Å². The van der Waals surface area contributed by atoms with Gasteiger partial charge in [-0.3, -0.25) is 4.79 Å². The van der Waals surface area contributed by atoms with Gasteiger partial charge >= 0.3 is 0 Å². The Morgan fingerprint density at radius 2 is 2.15 bits per heavy atom. The SMILES string of the molecule is NC(=O)C=Cc1cccc(N)c1O. The second kappa shape index (κ2) is 3.62. The molecule has 0 saturated heterocycles. The van der Waals surface area contributed by atoms with Gasteiger partial charge in [-0.15, -0.1) is 0 Å². The Morgan fingerprint density at radius 3 is 2.77 bits per heavy atom. The van der Waals surface area contributed by atoms with Crippen LogP contribution < -0.4 is 11.5 Å². The summed E-state index contributed by atoms with van der Waals surface area (Å²) in [7, 11) is 0. The summed E-state index contributed by atoms with van der Waals surface area (Å²) in [5, 5.41) is 9.38. The molecule has 0 fully saturated rings. The second-order valence-electron chi connectivity index (χ2n) is 2.52. The average Bonchev–Trinajstić information content (AvgIpc) is 2.07. The Bertz CT molecular complexity index is 359. The van der Waals surface area contributed by atoms with Gasteiger partial charge in [0.2, 0.25) is 5.91 Å². The van der Waals surface area contributed by atoms with E-state index in [1.165, 1.54) is 6.08 Å². The van der Waals surface area contributed by atoms with Crippen molar-refractivity contribution in [1.29, 1.82) is 0 Å². The van der Waals surface area contributed by atoms with Crippen LogP contribution in [0, 0.1) is 0 Å². The summed E-state index contributed by atoms with van der Waals surface area (Å²) in [5.41, 5.74) is 11.1. The largest absolute Gasteiger partial charge is 0.505 e. The highest BCUT2D eigenvalue weighted by Crippen LogP contribution is 2.25. The van der Waals surface area contributed by atoms with E-state index in [0.29, 0.717) is 5.56 Å². The lowest BCUT2D eigenvalue weighted by Crippen LogP contribution is -2.05. The molecule has 0 aromatic heterocycles. The number of nitrogen functional groups attached to an aromatic ring is 1. The Labute approximate surface area is 75.5 Å². The molecule has 1 aromatic carbocycles. The van der Waals surface area contributed by atoms with E-state index in [1.54, 1.807) is 18.2 Å². The number of amides is 1. The minimum Gasteiger partial charge on any atom is -0.505 e. The number of hydrogen-bond donors (Lipinski definition) is 3. The first-order valence-corrected chi connectivity index (χ1v) is 3.66. The molecular weight excluding hydrogens is 168 g/mol. The van der Waals surface area contributed by atoms with Crippen molar-refractivity contribution in [2.45, 2.75) is 0 Å². The van der Waals surface area contributed by atoms with Gasteiger partial charge in [0.1, 0.15) is 5.75 Å². The fraction of sp³-hybridized carbons (Fsp3) is 0. The molecule has 0 atom stereocenters. The highest BCUT2D eigenvalue weighted by molar-refractivity contribution is 5.91. The number of aromatic hydroxyl groups is 1. The van der Waals surface area contributed by atoms with Gasteiger partial charge < -0.3 is 16.6 Å². The molecule has 0 aliphatic carbocycles. The summed E-state index contributed by atoms with van der Waals surface area (Å²) in [6.45, 7) is 0. The van der Waals surface area contributed by atoms with Crippen LogP contribution in [0.25, 0.3) is 6.08 Å². The number of phenols is 1. The van der Waals surface area contributed by atoms with E-state index >= 15 is 0 Å². The van der Waals surface area contributed by atoms with Crippen molar-refractivity contribution in [2.75, 3.05) is 5.73 Å². The molecule has 1 aromatic rings. The van der Waals surface area contributed by atoms with E-state index < -0.39 is 5.91 Å². The van der Waals surface area contributed by atoms with E-state index in [-0.39, 0.29) is 11.4 Å². The number of hydrogen-bond acceptors (Lipinski definition) is 3. The molecule has 4 nitrogen and oxygen atoms in total. The number of carbonyl (C=O) groups excluding carboxylic acids is 1. The third-order valence-electron chi connectivity index (χ3n) is 1.53. The van der Waals surface area contributed by atoms with E-state index in [9.17, 15) is 9.90 Å². The topological polar surface area (TPSA) is 89.3 Å². The standard InChI is InChI=1S/C9H10N2O2/c10-7-3-1-2-6(9(7)13)4-5-8(11)12/h1-5,13H,10H2,(H2,11,12). The Morgan fingerprint density at radius 1 is 1.46 bits per heavy atom. The smallest absolute Gasteiger partial charge is 0.241 e. The quantitative estimate of drug-likeness (QED) is 0.349. The van der Waals surface area contributed by atoms with Crippen molar-refractivity contribution >= 4 is 17.7 Å². The molecule has 1 amide bonds. The maximum atomic E-state index is 10.4. The van der Waals surface area contributed by atoms with Crippen LogP contribution in [0.3, 0.4) is 0 Å². The van der Waals surface area contributed by atoms with Gasteiger partial charge in [-0.05, 0) is 12.1 Å². The lowest BCUT2D eigenvalue weighted by atomic mass is 10.1. The predicted molar refractivity (Wildman–Crippen MR) is 50.7 cm³/mol. The first kappa shape index (κ1) is 9.12. The third kappa shape index (κ3) is 2.23. The zero-order valence-electron chi connectivity index (χ0n) is 6.90. The van der Waals surface area contributed by atoms with E-state index in [4.69, 9.17) is 11.5 Å². The normalized spacial score (nSPS) is 10.5. The molecule has 0 spiro atoms. The van der Waals surface area contributed by atoms with Crippen LogP contribution in [0.15, 0.2) is 24.3 Å². The third-order valence-corrected chi connectivity index (χ3v) is 1.53. The van der Waals surface area contributed by atoms with Crippen LogP contribution in [0.2, 0.25) is 0 Å². The van der Waals surface area contributed by atoms with Gasteiger partial charge in [-0.1, -0.05) is 12.1 Å². The van der Waals surface area contributed by atoms with Crippen molar-refractivity contribution < 1.29 is 9.90 Å². The summed E-state index contributed by atoms with van der Waals surface area (Å²) in [5.74, 6) is -0.609. The second-order valence-corrected chi connectivity index (χ2v) is 2.52. The molecule has 0 unspecified atom stereocenters. The summed E-state index contributed by atoms with van der Waals surface area (Å²) < 4.78 is 0. The molecule has 5 N–H and O–H groups in total. The van der Waals surface area contributed by atoms with Gasteiger partial charge in [0.15, 0.2) is 0 Å². The fourth-order valence-electron chi connectivity index (χ4n) is 0.886. The van der Waals surface area contributed by atoms with Crippen LogP contribution in [0.1, 0.15) is 5.56 Å². The van der Waals surface area contributed by atoms with Gasteiger partial charge in [0.05, 0.1) is 5.69 Å². The zero-order valence-corrected chi connectivity index (χ0v) is 6.90. The molecule has 0 heterocycles. The fourth-order valence-corrected chi connectivity index (χ4v) is 0.886. The van der Waals surface area contributed by atoms with Crippen LogP contribution in [-0.4, -0.2) is 11.0 Å². The lowest BCUT2D eigenvalue weighted by molar-refractivity contribution is -0.113. The number of anilines is 1. The summed E-state index contributed by atoms with van der Waals surface area (Å²) in [4.78, 5) is 10.4. The van der Waals surface area contributed by atoms with E-state index in [2.05, 4.69) is 0 Å². The maximum Gasteiger partial charge on any atom is 0.241 e. The molecule has 4 heteroatoms. The summed E-state index contributed by atoms with van der Waals surface area (Å²) >= 11 is 0. The molecular formula is C9H10N2O2. The number of benzene rings is 1. The van der Waals surface area contributed by atoms with Gasteiger partial charge in [-0.25, -0.2) is 0 Å². The number of carbonyl (C=O) groups is 1. The van der Waals surface area contributed by atoms with Gasteiger partial charge in [0.25, 0.3) is 0 Å². The van der Waals surface area contributed by atoms with Crippen molar-refractivity contribution in [3.8, 4) is 5.75 Å². The molecule has 0 radical (unpaired) electrons. The van der Waals surface area contributed by atoms with Gasteiger partial charge in [-0.2, -0.15) is 0 Å². The number of primary amides is 1. The number of para-hydroxylation sites is 1. The van der Waals surface area contributed by atoms with E-state index in [1.807, 2.05) is 0 Å². The van der Waals surface area contributed by atoms with Crippen molar-refractivity contribution in [3.63, 3.8) is 0 Å². The number of phenolic OH excluding ortho intramolecular Hbond substituents is 1. The lowest BCUT2D eigenvalue weighted by Gasteiger charge is -2.00. The molecule has 1 rings (SSSR count). The summed E-state index contributed by atoms with van der Waals surface area (Å²) in [6, 6.07) is 4.87.